The lowest BCUT2D eigenvalue weighted by Crippen LogP contribution is -2.38. The molecule has 1 aliphatic rings. The van der Waals surface area contributed by atoms with Gasteiger partial charge in [0.1, 0.15) is 0 Å². The fraction of sp³-hybridized carbons (Fsp3) is 0.533. The van der Waals surface area contributed by atoms with Gasteiger partial charge in [0.15, 0.2) is 5.11 Å². The minimum Gasteiger partial charge on any atom is -0.379 e. The summed E-state index contributed by atoms with van der Waals surface area (Å²) in [5.74, 6) is 0. The van der Waals surface area contributed by atoms with Crippen molar-refractivity contribution in [2.75, 3.05) is 44.7 Å². The molecule has 0 aliphatic carbocycles. The third kappa shape index (κ3) is 6.32. The maximum atomic E-state index is 12.6. The molecular formula is C15H20F3N3OS. The Kier molecular flexibility index (Phi) is 6.61. The van der Waals surface area contributed by atoms with Crippen LogP contribution in [0.4, 0.5) is 18.9 Å². The Morgan fingerprint density at radius 3 is 2.70 bits per heavy atom. The van der Waals surface area contributed by atoms with Crippen molar-refractivity contribution in [1.29, 1.82) is 0 Å². The van der Waals surface area contributed by atoms with E-state index in [0.29, 0.717) is 17.3 Å². The van der Waals surface area contributed by atoms with Crippen LogP contribution in [0.15, 0.2) is 24.3 Å². The first-order valence-electron chi connectivity index (χ1n) is 7.47. The molecule has 0 saturated carbocycles. The van der Waals surface area contributed by atoms with Crippen molar-refractivity contribution >= 4 is 23.0 Å². The number of anilines is 1. The molecule has 2 rings (SSSR count). The summed E-state index contributed by atoms with van der Waals surface area (Å²) in [6.45, 7) is 5.02. The van der Waals surface area contributed by atoms with Gasteiger partial charge in [-0.05, 0) is 43.4 Å². The molecule has 1 heterocycles. The predicted molar refractivity (Wildman–Crippen MR) is 87.5 cm³/mol. The highest BCUT2D eigenvalue weighted by atomic mass is 32.1. The second-order valence-electron chi connectivity index (χ2n) is 5.27. The van der Waals surface area contributed by atoms with Crippen LogP contribution in [0.25, 0.3) is 0 Å². The molecule has 1 fully saturated rings. The summed E-state index contributed by atoms with van der Waals surface area (Å²) < 4.78 is 43.2. The number of nitrogens with zero attached hydrogens (tertiary/aromatic N) is 1. The van der Waals surface area contributed by atoms with Crippen molar-refractivity contribution in [3.63, 3.8) is 0 Å². The van der Waals surface area contributed by atoms with Crippen LogP contribution in [0.2, 0.25) is 0 Å². The van der Waals surface area contributed by atoms with E-state index in [1.807, 2.05) is 0 Å². The first-order valence-corrected chi connectivity index (χ1v) is 7.88. The fourth-order valence-electron chi connectivity index (χ4n) is 2.28. The maximum Gasteiger partial charge on any atom is 0.416 e. The number of nitrogens with one attached hydrogen (secondary N) is 2. The molecule has 1 aromatic rings. The molecule has 23 heavy (non-hydrogen) atoms. The zero-order valence-electron chi connectivity index (χ0n) is 12.7. The molecular weight excluding hydrogens is 327 g/mol. The predicted octanol–water partition coefficient (Wildman–Crippen LogP) is 2.71. The van der Waals surface area contributed by atoms with Crippen molar-refractivity contribution < 1.29 is 17.9 Å². The number of thiocarbonyl (C=S) groups is 1. The summed E-state index contributed by atoms with van der Waals surface area (Å²) in [5.41, 5.74) is -0.372. The number of alkyl halides is 3. The molecule has 0 unspecified atom stereocenters. The number of rotatable bonds is 5. The molecule has 0 atom stereocenters. The number of hydrogen-bond donors (Lipinski definition) is 2. The van der Waals surface area contributed by atoms with Crippen LogP contribution >= 0.6 is 12.2 Å². The maximum absolute atomic E-state index is 12.6. The topological polar surface area (TPSA) is 36.5 Å². The summed E-state index contributed by atoms with van der Waals surface area (Å²) in [4.78, 5) is 2.31. The van der Waals surface area contributed by atoms with Gasteiger partial charge >= 0.3 is 6.18 Å². The quantitative estimate of drug-likeness (QED) is 0.633. The van der Waals surface area contributed by atoms with Gasteiger partial charge in [0.05, 0.1) is 18.8 Å². The number of benzene rings is 1. The molecule has 0 amide bonds. The lowest BCUT2D eigenvalue weighted by Gasteiger charge is -2.26. The van der Waals surface area contributed by atoms with Crippen molar-refractivity contribution in [3.05, 3.63) is 29.8 Å². The second-order valence-corrected chi connectivity index (χ2v) is 5.68. The molecule has 1 saturated heterocycles. The minimum atomic E-state index is -4.36. The minimum absolute atomic E-state index is 0.325. The molecule has 0 bridgehead atoms. The van der Waals surface area contributed by atoms with E-state index >= 15 is 0 Å². The molecule has 128 valence electrons. The largest absolute Gasteiger partial charge is 0.416 e. The van der Waals surface area contributed by atoms with Crippen molar-refractivity contribution in [2.45, 2.75) is 12.6 Å². The van der Waals surface area contributed by atoms with Crippen LogP contribution in [0.1, 0.15) is 12.0 Å². The Balaban J connectivity index is 1.70. The summed E-state index contributed by atoms with van der Waals surface area (Å²) in [6, 6.07) is 4.98. The highest BCUT2D eigenvalue weighted by Crippen LogP contribution is 2.30. The van der Waals surface area contributed by atoms with Crippen LogP contribution in [0.5, 0.6) is 0 Å². The monoisotopic (exact) mass is 347 g/mol. The molecule has 1 aromatic carbocycles. The standard InChI is InChI=1S/C15H20F3N3OS/c16-15(17,18)12-3-1-4-13(11-12)20-14(23)19-5-2-6-21-7-9-22-10-8-21/h1,3-4,11H,2,5-10H2,(H2,19,20,23). The average Bonchev–Trinajstić information content (AvgIpc) is 2.52. The Morgan fingerprint density at radius 1 is 1.26 bits per heavy atom. The van der Waals surface area contributed by atoms with Gasteiger partial charge in [-0.2, -0.15) is 13.2 Å². The van der Waals surface area contributed by atoms with Crippen LogP contribution in [-0.4, -0.2) is 49.4 Å². The van der Waals surface area contributed by atoms with Gasteiger partial charge in [-0.3, -0.25) is 4.90 Å². The van der Waals surface area contributed by atoms with Gasteiger partial charge in [-0.15, -0.1) is 0 Å². The molecule has 0 radical (unpaired) electrons. The number of ether oxygens (including phenoxy) is 1. The Bertz CT molecular complexity index is 519. The van der Waals surface area contributed by atoms with E-state index in [4.69, 9.17) is 17.0 Å². The zero-order valence-corrected chi connectivity index (χ0v) is 13.5. The Labute approximate surface area is 139 Å². The van der Waals surface area contributed by atoms with Crippen molar-refractivity contribution in [1.82, 2.24) is 10.2 Å². The van der Waals surface area contributed by atoms with Gasteiger partial charge in [0.2, 0.25) is 0 Å². The summed E-state index contributed by atoms with van der Waals surface area (Å²) >= 11 is 5.11. The molecule has 8 heteroatoms. The highest BCUT2D eigenvalue weighted by molar-refractivity contribution is 7.80. The van der Waals surface area contributed by atoms with Crippen LogP contribution in [0.3, 0.4) is 0 Å². The van der Waals surface area contributed by atoms with E-state index in [0.717, 1.165) is 51.4 Å². The van der Waals surface area contributed by atoms with E-state index < -0.39 is 11.7 Å². The van der Waals surface area contributed by atoms with E-state index in [1.165, 1.54) is 6.07 Å². The van der Waals surface area contributed by atoms with Crippen molar-refractivity contribution in [2.24, 2.45) is 0 Å². The van der Waals surface area contributed by atoms with Gasteiger partial charge in [-0.25, -0.2) is 0 Å². The normalized spacial score (nSPS) is 16.1. The average molecular weight is 347 g/mol. The molecule has 1 aliphatic heterocycles. The van der Waals surface area contributed by atoms with E-state index in [9.17, 15) is 13.2 Å². The van der Waals surface area contributed by atoms with E-state index in [-0.39, 0.29) is 0 Å². The first-order chi connectivity index (χ1) is 10.9. The van der Waals surface area contributed by atoms with Crippen LogP contribution in [0, 0.1) is 0 Å². The van der Waals surface area contributed by atoms with E-state index in [1.54, 1.807) is 6.07 Å². The molecule has 4 nitrogen and oxygen atoms in total. The zero-order chi connectivity index (χ0) is 16.7. The number of halogens is 3. The van der Waals surface area contributed by atoms with Crippen LogP contribution < -0.4 is 10.6 Å². The second kappa shape index (κ2) is 8.47. The fourth-order valence-corrected chi connectivity index (χ4v) is 2.50. The third-order valence-corrected chi connectivity index (χ3v) is 3.73. The molecule has 0 aromatic heterocycles. The van der Waals surface area contributed by atoms with Gasteiger partial charge in [-0.1, -0.05) is 6.07 Å². The van der Waals surface area contributed by atoms with Gasteiger partial charge in [0, 0.05) is 25.3 Å². The Hall–Kier alpha value is -1.38. The molecule has 2 N–H and O–H groups in total. The summed E-state index contributed by atoms with van der Waals surface area (Å²) in [7, 11) is 0. The number of hydrogen-bond acceptors (Lipinski definition) is 3. The van der Waals surface area contributed by atoms with Gasteiger partial charge in [0.25, 0.3) is 0 Å². The third-order valence-electron chi connectivity index (χ3n) is 3.49. The number of morpholine rings is 1. The van der Waals surface area contributed by atoms with Gasteiger partial charge < -0.3 is 15.4 Å². The van der Waals surface area contributed by atoms with E-state index in [2.05, 4.69) is 15.5 Å². The SMILES string of the molecule is FC(F)(F)c1cccc(NC(=S)NCCCN2CCOCC2)c1. The first kappa shape index (κ1) is 18.0. The smallest absolute Gasteiger partial charge is 0.379 e. The van der Waals surface area contributed by atoms with Crippen molar-refractivity contribution in [3.8, 4) is 0 Å². The van der Waals surface area contributed by atoms with Crippen LogP contribution in [-0.2, 0) is 10.9 Å². The molecule has 0 spiro atoms. The lowest BCUT2D eigenvalue weighted by atomic mass is 10.2. The lowest BCUT2D eigenvalue weighted by molar-refractivity contribution is -0.137. The Morgan fingerprint density at radius 2 is 2.00 bits per heavy atom. The highest BCUT2D eigenvalue weighted by Gasteiger charge is 2.30. The summed E-state index contributed by atoms with van der Waals surface area (Å²) in [6.07, 6.45) is -3.45. The summed E-state index contributed by atoms with van der Waals surface area (Å²) in [5, 5.41) is 6.11.